The van der Waals surface area contributed by atoms with Crippen LogP contribution in [0.5, 0.6) is 0 Å². The Morgan fingerprint density at radius 2 is 2.29 bits per heavy atom. The lowest BCUT2D eigenvalue weighted by Gasteiger charge is -2.26. The zero-order chi connectivity index (χ0) is 12.5. The van der Waals surface area contributed by atoms with Crippen molar-refractivity contribution in [2.24, 2.45) is 0 Å². The van der Waals surface area contributed by atoms with Gasteiger partial charge < -0.3 is 5.32 Å². The van der Waals surface area contributed by atoms with E-state index in [4.69, 9.17) is 5.26 Å². The first kappa shape index (κ1) is 11.9. The van der Waals surface area contributed by atoms with Gasteiger partial charge in [0.1, 0.15) is 0 Å². The van der Waals surface area contributed by atoms with E-state index in [1.807, 2.05) is 19.1 Å². The lowest BCUT2D eigenvalue weighted by molar-refractivity contribution is 0.580. The van der Waals surface area contributed by atoms with Crippen LogP contribution >= 0.6 is 0 Å². The number of nitriles is 1. The molecule has 0 saturated heterocycles. The third kappa shape index (κ3) is 2.42. The van der Waals surface area contributed by atoms with Crippen molar-refractivity contribution in [2.75, 3.05) is 11.1 Å². The largest absolute Gasteiger partial charge is 0.380 e. The summed E-state index contributed by atoms with van der Waals surface area (Å²) in [6, 6.07) is 7.17. The van der Waals surface area contributed by atoms with Gasteiger partial charge in [-0.25, -0.2) is 8.42 Å². The predicted octanol–water partition coefficient (Wildman–Crippen LogP) is 1.87. The molecule has 1 N–H and O–H groups in total. The van der Waals surface area contributed by atoms with Crippen LogP contribution in [0, 0.1) is 18.3 Å². The van der Waals surface area contributed by atoms with Gasteiger partial charge in [0, 0.05) is 12.5 Å². The van der Waals surface area contributed by atoms with Crippen molar-refractivity contribution in [3.8, 4) is 6.07 Å². The fraction of sp³-hybridized carbons (Fsp3) is 0.417. The molecule has 1 unspecified atom stereocenters. The van der Waals surface area contributed by atoms with Crippen LogP contribution in [0.25, 0.3) is 0 Å². The second-order valence-corrected chi connectivity index (χ2v) is 6.32. The van der Waals surface area contributed by atoms with E-state index < -0.39 is 9.84 Å². The molecule has 1 heterocycles. The molecule has 4 nitrogen and oxygen atoms in total. The van der Waals surface area contributed by atoms with Crippen LogP contribution in [0.15, 0.2) is 23.1 Å². The molecule has 17 heavy (non-hydrogen) atoms. The van der Waals surface area contributed by atoms with Crippen LogP contribution in [-0.2, 0) is 9.84 Å². The van der Waals surface area contributed by atoms with Crippen molar-refractivity contribution in [3.05, 3.63) is 23.8 Å². The highest BCUT2D eigenvalue weighted by atomic mass is 32.2. The molecular weight excluding hydrogens is 236 g/mol. The Balaban J connectivity index is 2.35. The number of hydrogen-bond acceptors (Lipinski definition) is 4. The summed E-state index contributed by atoms with van der Waals surface area (Å²) in [6.45, 7) is 1.92. The summed E-state index contributed by atoms with van der Waals surface area (Å²) in [6.07, 6.45) is 0.928. The van der Waals surface area contributed by atoms with Crippen molar-refractivity contribution in [1.82, 2.24) is 0 Å². The highest BCUT2D eigenvalue weighted by molar-refractivity contribution is 7.91. The number of anilines is 1. The van der Waals surface area contributed by atoms with Crippen LogP contribution in [0.2, 0.25) is 0 Å². The molecule has 0 saturated carbocycles. The van der Waals surface area contributed by atoms with Crippen LogP contribution in [-0.4, -0.2) is 20.2 Å². The van der Waals surface area contributed by atoms with Crippen LogP contribution < -0.4 is 5.32 Å². The molecule has 1 aliphatic heterocycles. The predicted molar refractivity (Wildman–Crippen MR) is 65.5 cm³/mol. The first-order valence-corrected chi connectivity index (χ1v) is 7.15. The molecule has 90 valence electrons. The summed E-state index contributed by atoms with van der Waals surface area (Å²) in [5.41, 5.74) is 1.69. The van der Waals surface area contributed by atoms with Gasteiger partial charge in [-0.1, -0.05) is 6.07 Å². The first-order chi connectivity index (χ1) is 8.03. The SMILES string of the molecule is Cc1ccc2c(c1)NC(CCC#N)CS2(=O)=O. The topological polar surface area (TPSA) is 70.0 Å². The van der Waals surface area contributed by atoms with Crippen molar-refractivity contribution in [1.29, 1.82) is 5.26 Å². The molecule has 0 aliphatic carbocycles. The standard InChI is InChI=1S/C12H14N2O2S/c1-9-4-5-12-11(7-9)14-10(3-2-6-13)8-17(12,15)16/h4-5,7,10,14H,2-3,8H2,1H3. The van der Waals surface area contributed by atoms with Gasteiger partial charge in [0.05, 0.1) is 22.4 Å². The number of sulfone groups is 1. The normalized spacial score (nSPS) is 21.1. The van der Waals surface area contributed by atoms with Crippen LogP contribution in [0.4, 0.5) is 5.69 Å². The number of nitrogens with zero attached hydrogens (tertiary/aromatic N) is 1. The Labute approximate surface area is 101 Å². The van der Waals surface area contributed by atoms with E-state index in [0.717, 1.165) is 5.56 Å². The Morgan fingerprint density at radius 3 is 3.00 bits per heavy atom. The first-order valence-electron chi connectivity index (χ1n) is 5.50. The molecule has 1 aromatic rings. The van der Waals surface area contributed by atoms with E-state index in [0.29, 0.717) is 23.4 Å². The molecule has 0 spiro atoms. The Hall–Kier alpha value is -1.54. The molecule has 0 aromatic heterocycles. The average molecular weight is 250 g/mol. The molecule has 0 fully saturated rings. The highest BCUT2D eigenvalue weighted by Crippen LogP contribution is 2.30. The minimum atomic E-state index is -3.21. The van der Waals surface area contributed by atoms with Crippen molar-refractivity contribution in [2.45, 2.75) is 30.7 Å². The smallest absolute Gasteiger partial charge is 0.182 e. The van der Waals surface area contributed by atoms with Gasteiger partial charge >= 0.3 is 0 Å². The van der Waals surface area contributed by atoms with Crippen LogP contribution in [0.3, 0.4) is 0 Å². The summed E-state index contributed by atoms with van der Waals surface area (Å²) >= 11 is 0. The minimum Gasteiger partial charge on any atom is -0.380 e. The number of benzene rings is 1. The number of rotatable bonds is 2. The Kier molecular flexibility index (Phi) is 3.07. The van der Waals surface area contributed by atoms with Gasteiger partial charge in [-0.15, -0.1) is 0 Å². The lowest BCUT2D eigenvalue weighted by Crippen LogP contribution is -2.34. The summed E-state index contributed by atoms with van der Waals surface area (Å²) in [4.78, 5) is 0.372. The van der Waals surface area contributed by atoms with E-state index in [9.17, 15) is 8.42 Å². The average Bonchev–Trinajstić information content (AvgIpc) is 2.24. The Morgan fingerprint density at radius 1 is 1.53 bits per heavy atom. The van der Waals surface area contributed by atoms with Gasteiger partial charge in [0.2, 0.25) is 0 Å². The fourth-order valence-corrected chi connectivity index (χ4v) is 3.73. The van der Waals surface area contributed by atoms with E-state index >= 15 is 0 Å². The molecular formula is C12H14N2O2S. The summed E-state index contributed by atoms with van der Waals surface area (Å²) < 4.78 is 24.1. The third-order valence-corrected chi connectivity index (χ3v) is 4.72. The molecule has 0 amide bonds. The van der Waals surface area contributed by atoms with Crippen LogP contribution in [0.1, 0.15) is 18.4 Å². The van der Waals surface area contributed by atoms with Gasteiger partial charge in [-0.3, -0.25) is 0 Å². The quantitative estimate of drug-likeness (QED) is 0.869. The molecule has 1 aliphatic rings. The molecule has 1 atom stereocenters. The lowest BCUT2D eigenvalue weighted by atomic mass is 10.1. The maximum absolute atomic E-state index is 12.0. The maximum atomic E-state index is 12.0. The number of nitrogens with one attached hydrogen (secondary N) is 1. The second kappa shape index (κ2) is 4.38. The third-order valence-electron chi connectivity index (χ3n) is 2.85. The van der Waals surface area contributed by atoms with Gasteiger partial charge in [0.25, 0.3) is 0 Å². The van der Waals surface area contributed by atoms with E-state index in [-0.39, 0.29) is 11.8 Å². The second-order valence-electron chi connectivity index (χ2n) is 4.32. The number of aryl methyl sites for hydroxylation is 1. The van der Waals surface area contributed by atoms with Gasteiger partial charge in [-0.05, 0) is 31.0 Å². The van der Waals surface area contributed by atoms with E-state index in [2.05, 4.69) is 5.32 Å². The fourth-order valence-electron chi connectivity index (χ4n) is 2.04. The van der Waals surface area contributed by atoms with E-state index in [1.54, 1.807) is 12.1 Å². The molecule has 0 radical (unpaired) electrons. The zero-order valence-electron chi connectivity index (χ0n) is 9.60. The van der Waals surface area contributed by atoms with Crippen molar-refractivity contribution < 1.29 is 8.42 Å². The molecule has 1 aromatic carbocycles. The van der Waals surface area contributed by atoms with Crippen molar-refractivity contribution >= 4 is 15.5 Å². The highest BCUT2D eigenvalue weighted by Gasteiger charge is 2.29. The number of fused-ring (bicyclic) bond motifs is 1. The Bertz CT molecular complexity index is 573. The maximum Gasteiger partial charge on any atom is 0.182 e. The summed E-state index contributed by atoms with van der Waals surface area (Å²) in [7, 11) is -3.21. The van der Waals surface area contributed by atoms with Gasteiger partial charge in [0.15, 0.2) is 9.84 Å². The molecule has 2 rings (SSSR count). The number of hydrogen-bond donors (Lipinski definition) is 1. The minimum absolute atomic E-state index is 0.0741. The summed E-state index contributed by atoms with van der Waals surface area (Å²) in [5.74, 6) is 0.0741. The van der Waals surface area contributed by atoms with Gasteiger partial charge in [-0.2, -0.15) is 5.26 Å². The molecule has 5 heteroatoms. The molecule has 0 bridgehead atoms. The van der Waals surface area contributed by atoms with E-state index in [1.165, 1.54) is 0 Å². The monoisotopic (exact) mass is 250 g/mol. The summed E-state index contributed by atoms with van der Waals surface area (Å²) in [5, 5.41) is 11.7. The zero-order valence-corrected chi connectivity index (χ0v) is 10.4. The van der Waals surface area contributed by atoms with Crippen molar-refractivity contribution in [3.63, 3.8) is 0 Å².